The number of carbonyl (C=O) groups is 1. The molecule has 3 atom stereocenters. The van der Waals surface area contributed by atoms with Crippen molar-refractivity contribution in [1.82, 2.24) is 4.90 Å². The van der Waals surface area contributed by atoms with Gasteiger partial charge in [-0.25, -0.2) is 0 Å². The zero-order valence-corrected chi connectivity index (χ0v) is 11.6. The summed E-state index contributed by atoms with van der Waals surface area (Å²) in [6.07, 6.45) is 6.86. The molecule has 0 heterocycles. The molecule has 0 saturated heterocycles. The summed E-state index contributed by atoms with van der Waals surface area (Å²) in [5, 5.41) is 9.39. The van der Waals surface area contributed by atoms with Gasteiger partial charge in [0.15, 0.2) is 0 Å². The summed E-state index contributed by atoms with van der Waals surface area (Å²) in [6, 6.07) is 0.509. The molecule has 0 spiro atoms. The van der Waals surface area contributed by atoms with Crippen molar-refractivity contribution in [2.45, 2.75) is 57.0 Å². The molecule has 0 bridgehead atoms. The number of hydrogen-bond donors (Lipinski definition) is 2. The van der Waals surface area contributed by atoms with Crippen molar-refractivity contribution in [3.63, 3.8) is 0 Å². The lowest BCUT2D eigenvalue weighted by Crippen LogP contribution is -2.59. The molecule has 3 N–H and O–H groups in total. The third kappa shape index (κ3) is 2.86. The SMILES string of the molecule is CC1CCCC(N(C)CC(N)(C(=O)O)C2CC2)C1. The van der Waals surface area contributed by atoms with Crippen LogP contribution in [0.4, 0.5) is 0 Å². The molecule has 0 aliphatic heterocycles. The lowest BCUT2D eigenvalue weighted by molar-refractivity contribution is -0.145. The minimum atomic E-state index is -1.03. The highest BCUT2D eigenvalue weighted by molar-refractivity contribution is 5.79. The largest absolute Gasteiger partial charge is 0.480 e. The van der Waals surface area contributed by atoms with E-state index >= 15 is 0 Å². The summed E-state index contributed by atoms with van der Waals surface area (Å²) in [6.45, 7) is 2.78. The first-order chi connectivity index (χ1) is 8.43. The van der Waals surface area contributed by atoms with Crippen LogP contribution in [-0.2, 0) is 4.79 Å². The van der Waals surface area contributed by atoms with Gasteiger partial charge in [0, 0.05) is 12.6 Å². The number of carboxylic acids is 1. The normalized spacial score (nSPS) is 32.2. The lowest BCUT2D eigenvalue weighted by Gasteiger charge is -2.38. The number of nitrogens with zero attached hydrogens (tertiary/aromatic N) is 1. The van der Waals surface area contributed by atoms with Gasteiger partial charge < -0.3 is 15.7 Å². The molecule has 0 aromatic heterocycles. The Morgan fingerprint density at radius 2 is 2.06 bits per heavy atom. The molecular weight excluding hydrogens is 228 g/mol. The number of carboxylic acid groups (broad SMARTS) is 1. The van der Waals surface area contributed by atoms with Crippen molar-refractivity contribution in [2.24, 2.45) is 17.6 Å². The van der Waals surface area contributed by atoms with E-state index < -0.39 is 11.5 Å². The second-order valence-electron chi connectivity index (χ2n) is 6.46. The first-order valence-electron chi connectivity index (χ1n) is 7.16. The molecule has 4 heteroatoms. The molecule has 0 amide bonds. The topological polar surface area (TPSA) is 66.6 Å². The molecule has 2 saturated carbocycles. The van der Waals surface area contributed by atoms with E-state index in [0.717, 1.165) is 18.8 Å². The maximum absolute atomic E-state index is 11.4. The molecule has 18 heavy (non-hydrogen) atoms. The van der Waals surface area contributed by atoms with E-state index in [2.05, 4.69) is 11.8 Å². The fourth-order valence-electron chi connectivity index (χ4n) is 3.31. The Morgan fingerprint density at radius 1 is 1.39 bits per heavy atom. The standard InChI is InChI=1S/C14H26N2O2/c1-10-4-3-5-12(8-10)16(2)9-14(15,13(17)18)11-6-7-11/h10-12H,3-9,15H2,1-2H3,(H,17,18). The third-order valence-corrected chi connectivity index (χ3v) is 4.75. The highest BCUT2D eigenvalue weighted by atomic mass is 16.4. The van der Waals surface area contributed by atoms with Crippen LogP contribution < -0.4 is 5.73 Å². The van der Waals surface area contributed by atoms with Gasteiger partial charge in [-0.2, -0.15) is 0 Å². The van der Waals surface area contributed by atoms with Gasteiger partial charge in [-0.1, -0.05) is 19.8 Å². The first-order valence-corrected chi connectivity index (χ1v) is 7.16. The highest BCUT2D eigenvalue weighted by Gasteiger charge is 2.49. The Hall–Kier alpha value is -0.610. The number of likely N-dealkylation sites (N-methyl/N-ethyl adjacent to an activating group) is 1. The fourth-order valence-corrected chi connectivity index (χ4v) is 3.31. The molecule has 0 radical (unpaired) electrons. The first kappa shape index (κ1) is 13.8. The number of nitrogens with two attached hydrogens (primary N) is 1. The Labute approximate surface area is 110 Å². The molecule has 2 fully saturated rings. The van der Waals surface area contributed by atoms with Crippen LogP contribution in [0.5, 0.6) is 0 Å². The van der Waals surface area contributed by atoms with E-state index in [-0.39, 0.29) is 5.92 Å². The molecule has 2 rings (SSSR count). The van der Waals surface area contributed by atoms with Gasteiger partial charge in [0.25, 0.3) is 0 Å². The second kappa shape index (κ2) is 5.17. The van der Waals surface area contributed by atoms with Crippen LogP contribution >= 0.6 is 0 Å². The fraction of sp³-hybridized carbons (Fsp3) is 0.929. The van der Waals surface area contributed by atoms with Crippen molar-refractivity contribution in [1.29, 1.82) is 0 Å². The van der Waals surface area contributed by atoms with E-state index in [4.69, 9.17) is 5.73 Å². The Bertz CT molecular complexity index is 317. The monoisotopic (exact) mass is 254 g/mol. The molecule has 0 aromatic rings. The summed E-state index contributed by atoms with van der Waals surface area (Å²) >= 11 is 0. The Kier molecular flexibility index (Phi) is 3.97. The molecule has 3 unspecified atom stereocenters. The van der Waals surface area contributed by atoms with E-state index in [9.17, 15) is 9.90 Å². The van der Waals surface area contributed by atoms with Crippen molar-refractivity contribution in [2.75, 3.05) is 13.6 Å². The summed E-state index contributed by atoms with van der Waals surface area (Å²) in [5.74, 6) is 0.100. The maximum atomic E-state index is 11.4. The maximum Gasteiger partial charge on any atom is 0.325 e. The van der Waals surface area contributed by atoms with Gasteiger partial charge in [0.2, 0.25) is 0 Å². The minimum Gasteiger partial charge on any atom is -0.480 e. The number of hydrogen-bond acceptors (Lipinski definition) is 3. The van der Waals surface area contributed by atoms with Crippen LogP contribution in [0.1, 0.15) is 45.4 Å². The predicted molar refractivity (Wildman–Crippen MR) is 71.3 cm³/mol. The van der Waals surface area contributed by atoms with Gasteiger partial charge in [-0.05, 0) is 44.6 Å². The van der Waals surface area contributed by atoms with Crippen molar-refractivity contribution in [3.05, 3.63) is 0 Å². The van der Waals surface area contributed by atoms with Crippen LogP contribution in [0.2, 0.25) is 0 Å². The Morgan fingerprint density at radius 3 is 2.56 bits per heavy atom. The summed E-state index contributed by atoms with van der Waals surface area (Å²) in [5.41, 5.74) is 5.11. The van der Waals surface area contributed by atoms with Gasteiger partial charge in [0.1, 0.15) is 5.54 Å². The van der Waals surface area contributed by atoms with Crippen molar-refractivity contribution in [3.8, 4) is 0 Å². The Balaban J connectivity index is 1.96. The van der Waals surface area contributed by atoms with Crippen molar-refractivity contribution >= 4 is 5.97 Å². The zero-order chi connectivity index (χ0) is 13.3. The third-order valence-electron chi connectivity index (χ3n) is 4.75. The molecule has 4 nitrogen and oxygen atoms in total. The van der Waals surface area contributed by atoms with Gasteiger partial charge in [0.05, 0.1) is 0 Å². The van der Waals surface area contributed by atoms with Crippen LogP contribution in [-0.4, -0.2) is 41.1 Å². The second-order valence-corrected chi connectivity index (χ2v) is 6.46. The van der Waals surface area contributed by atoms with E-state index in [1.165, 1.54) is 25.7 Å². The molecule has 2 aliphatic rings. The van der Waals surface area contributed by atoms with E-state index in [1.54, 1.807) is 0 Å². The average molecular weight is 254 g/mol. The van der Waals surface area contributed by atoms with E-state index in [1.807, 2.05) is 7.05 Å². The summed E-state index contributed by atoms with van der Waals surface area (Å²) < 4.78 is 0. The molecular formula is C14H26N2O2. The molecule has 2 aliphatic carbocycles. The number of rotatable bonds is 5. The summed E-state index contributed by atoms with van der Waals surface area (Å²) in [4.78, 5) is 13.6. The zero-order valence-electron chi connectivity index (χ0n) is 11.6. The van der Waals surface area contributed by atoms with Gasteiger partial charge >= 0.3 is 5.97 Å². The lowest BCUT2D eigenvalue weighted by atomic mass is 9.85. The van der Waals surface area contributed by atoms with Gasteiger partial charge in [-0.3, -0.25) is 4.79 Å². The molecule has 0 aromatic carbocycles. The predicted octanol–water partition coefficient (Wildman–Crippen LogP) is 1.69. The minimum absolute atomic E-state index is 0.179. The summed E-state index contributed by atoms with van der Waals surface area (Å²) in [7, 11) is 2.04. The van der Waals surface area contributed by atoms with Crippen LogP contribution in [0.3, 0.4) is 0 Å². The van der Waals surface area contributed by atoms with Crippen LogP contribution in [0, 0.1) is 11.8 Å². The highest BCUT2D eigenvalue weighted by Crippen LogP contribution is 2.39. The van der Waals surface area contributed by atoms with Gasteiger partial charge in [-0.15, -0.1) is 0 Å². The molecule has 104 valence electrons. The smallest absolute Gasteiger partial charge is 0.325 e. The average Bonchev–Trinajstić information content (AvgIpc) is 3.12. The number of aliphatic carboxylic acids is 1. The van der Waals surface area contributed by atoms with Crippen LogP contribution in [0.25, 0.3) is 0 Å². The van der Waals surface area contributed by atoms with Crippen LogP contribution in [0.15, 0.2) is 0 Å². The quantitative estimate of drug-likeness (QED) is 0.783. The van der Waals surface area contributed by atoms with Crippen molar-refractivity contribution < 1.29 is 9.90 Å². The van der Waals surface area contributed by atoms with E-state index in [0.29, 0.717) is 12.6 Å².